The summed E-state index contributed by atoms with van der Waals surface area (Å²) >= 11 is 0. The van der Waals surface area contributed by atoms with E-state index in [4.69, 9.17) is 0 Å². The maximum absolute atomic E-state index is 4.09. The molecule has 2 atom stereocenters. The third kappa shape index (κ3) is 4.17. The van der Waals surface area contributed by atoms with Crippen LogP contribution in [0.2, 0.25) is 0 Å². The summed E-state index contributed by atoms with van der Waals surface area (Å²) in [5.41, 5.74) is 2.65. The smallest absolute Gasteiger partial charge is 0.0328 e. The Morgan fingerprint density at radius 1 is 0.900 bits per heavy atom. The zero-order valence-electron chi connectivity index (χ0n) is 12.6. The minimum absolute atomic E-state index is 0.321. The van der Waals surface area contributed by atoms with Crippen molar-refractivity contribution in [3.8, 4) is 0 Å². The summed E-state index contributed by atoms with van der Waals surface area (Å²) in [5, 5.41) is 3.75. The van der Waals surface area contributed by atoms with Crippen LogP contribution in [0, 0.1) is 5.92 Å². The fourth-order valence-corrected chi connectivity index (χ4v) is 2.51. The van der Waals surface area contributed by atoms with Crippen molar-refractivity contribution < 1.29 is 0 Å². The van der Waals surface area contributed by atoms with E-state index >= 15 is 0 Å². The molecule has 1 aromatic carbocycles. The molecule has 1 heterocycles. The lowest BCUT2D eigenvalue weighted by atomic mass is 9.95. The fourth-order valence-electron chi connectivity index (χ4n) is 2.51. The van der Waals surface area contributed by atoms with Crippen LogP contribution < -0.4 is 5.32 Å². The van der Waals surface area contributed by atoms with Gasteiger partial charge in [0.15, 0.2) is 0 Å². The van der Waals surface area contributed by atoms with Crippen LogP contribution in [0.3, 0.4) is 0 Å². The summed E-state index contributed by atoms with van der Waals surface area (Å²) in [5.74, 6) is 0.664. The molecule has 2 aromatic rings. The van der Waals surface area contributed by atoms with Crippen molar-refractivity contribution >= 4 is 0 Å². The summed E-state index contributed by atoms with van der Waals surface area (Å²) in [6, 6.07) is 15.6. The van der Waals surface area contributed by atoms with Crippen LogP contribution in [0.25, 0.3) is 0 Å². The fraction of sp³-hybridized carbons (Fsp3) is 0.389. The number of aromatic nitrogens is 1. The monoisotopic (exact) mass is 268 g/mol. The van der Waals surface area contributed by atoms with E-state index in [1.54, 1.807) is 0 Å². The van der Waals surface area contributed by atoms with Gasteiger partial charge in [-0.05, 0) is 42.5 Å². The highest BCUT2D eigenvalue weighted by Gasteiger charge is 2.16. The summed E-state index contributed by atoms with van der Waals surface area (Å²) in [7, 11) is 0. The Kier molecular flexibility index (Phi) is 5.31. The molecular formula is C18H24N2. The predicted molar refractivity (Wildman–Crippen MR) is 84.4 cm³/mol. The van der Waals surface area contributed by atoms with E-state index in [1.165, 1.54) is 11.1 Å². The molecule has 1 N–H and O–H groups in total. The molecule has 106 valence electrons. The molecule has 2 rings (SSSR count). The van der Waals surface area contributed by atoms with E-state index in [1.807, 2.05) is 12.4 Å². The van der Waals surface area contributed by atoms with Crippen molar-refractivity contribution in [1.82, 2.24) is 10.3 Å². The van der Waals surface area contributed by atoms with Gasteiger partial charge in [0.05, 0.1) is 0 Å². The summed E-state index contributed by atoms with van der Waals surface area (Å²) in [6.07, 6.45) is 4.85. The van der Waals surface area contributed by atoms with Crippen LogP contribution in [0.1, 0.15) is 50.4 Å². The Morgan fingerprint density at radius 2 is 1.55 bits per heavy atom. The molecule has 2 heteroatoms. The van der Waals surface area contributed by atoms with Crippen molar-refractivity contribution in [3.05, 3.63) is 66.0 Å². The second-order valence-electron chi connectivity index (χ2n) is 5.76. The van der Waals surface area contributed by atoms with Crippen molar-refractivity contribution in [3.63, 3.8) is 0 Å². The maximum Gasteiger partial charge on any atom is 0.0328 e. The van der Waals surface area contributed by atoms with Crippen LogP contribution in [0.5, 0.6) is 0 Å². The van der Waals surface area contributed by atoms with Gasteiger partial charge in [0, 0.05) is 24.5 Å². The van der Waals surface area contributed by atoms with Gasteiger partial charge in [-0.2, -0.15) is 0 Å². The molecule has 0 saturated heterocycles. The molecular weight excluding hydrogens is 244 g/mol. The number of nitrogens with one attached hydrogen (secondary N) is 1. The zero-order chi connectivity index (χ0) is 14.4. The van der Waals surface area contributed by atoms with Crippen molar-refractivity contribution in [1.29, 1.82) is 0 Å². The van der Waals surface area contributed by atoms with Crippen LogP contribution >= 0.6 is 0 Å². The minimum atomic E-state index is 0.321. The number of rotatable bonds is 6. The molecule has 0 radical (unpaired) electrons. The third-order valence-corrected chi connectivity index (χ3v) is 3.57. The van der Waals surface area contributed by atoms with Gasteiger partial charge in [-0.3, -0.25) is 4.98 Å². The molecule has 0 amide bonds. The molecule has 1 unspecified atom stereocenters. The van der Waals surface area contributed by atoms with Crippen molar-refractivity contribution in [2.24, 2.45) is 5.92 Å². The van der Waals surface area contributed by atoms with Crippen LogP contribution in [-0.2, 0) is 0 Å². The first kappa shape index (κ1) is 14.7. The lowest BCUT2D eigenvalue weighted by Gasteiger charge is -2.25. The van der Waals surface area contributed by atoms with Gasteiger partial charge < -0.3 is 5.32 Å². The van der Waals surface area contributed by atoms with Gasteiger partial charge >= 0.3 is 0 Å². The van der Waals surface area contributed by atoms with Gasteiger partial charge in [0.2, 0.25) is 0 Å². The molecule has 0 bridgehead atoms. The van der Waals surface area contributed by atoms with Crippen LogP contribution in [0.4, 0.5) is 0 Å². The lowest BCUT2D eigenvalue weighted by molar-refractivity contribution is 0.394. The first-order valence-electron chi connectivity index (χ1n) is 7.37. The highest BCUT2D eigenvalue weighted by atomic mass is 14.9. The maximum atomic E-state index is 4.09. The van der Waals surface area contributed by atoms with E-state index in [0.717, 1.165) is 6.42 Å². The lowest BCUT2D eigenvalue weighted by Crippen LogP contribution is -2.26. The Labute approximate surface area is 122 Å². The zero-order valence-corrected chi connectivity index (χ0v) is 12.6. The summed E-state index contributed by atoms with van der Waals surface area (Å²) in [4.78, 5) is 4.09. The highest BCUT2D eigenvalue weighted by Crippen LogP contribution is 2.25. The molecule has 0 saturated carbocycles. The molecule has 0 aliphatic carbocycles. The number of hydrogen-bond acceptors (Lipinski definition) is 2. The molecule has 0 spiro atoms. The van der Waals surface area contributed by atoms with E-state index in [-0.39, 0.29) is 0 Å². The van der Waals surface area contributed by atoms with E-state index < -0.39 is 0 Å². The van der Waals surface area contributed by atoms with Crippen molar-refractivity contribution in [2.75, 3.05) is 0 Å². The van der Waals surface area contributed by atoms with E-state index in [2.05, 4.69) is 73.5 Å². The molecule has 1 aromatic heterocycles. The largest absolute Gasteiger partial charge is 0.303 e. The average Bonchev–Trinajstić information content (AvgIpc) is 2.48. The van der Waals surface area contributed by atoms with Crippen LogP contribution in [0.15, 0.2) is 54.9 Å². The van der Waals surface area contributed by atoms with E-state index in [0.29, 0.717) is 18.0 Å². The topological polar surface area (TPSA) is 24.9 Å². The predicted octanol–water partition coefficient (Wildman–Crippen LogP) is 4.52. The normalized spacial score (nSPS) is 14.2. The Hall–Kier alpha value is -1.67. The standard InChI is InChI=1S/C18H24N2/c1-14(2)13-18(17-7-5-4-6-8-17)20-15(3)16-9-11-19-12-10-16/h4-12,14-15,18,20H,13H2,1-3H3/t15-,18?/m1/s1. The first-order chi connectivity index (χ1) is 9.66. The Balaban J connectivity index is 2.12. The molecule has 2 nitrogen and oxygen atoms in total. The first-order valence-corrected chi connectivity index (χ1v) is 7.37. The Bertz CT molecular complexity index is 493. The second kappa shape index (κ2) is 7.20. The average molecular weight is 268 g/mol. The number of benzene rings is 1. The minimum Gasteiger partial charge on any atom is -0.303 e. The van der Waals surface area contributed by atoms with Gasteiger partial charge in [-0.25, -0.2) is 0 Å². The van der Waals surface area contributed by atoms with Gasteiger partial charge in [-0.1, -0.05) is 44.2 Å². The molecule has 20 heavy (non-hydrogen) atoms. The van der Waals surface area contributed by atoms with Crippen molar-refractivity contribution in [2.45, 2.75) is 39.3 Å². The third-order valence-electron chi connectivity index (χ3n) is 3.57. The summed E-state index contributed by atoms with van der Waals surface area (Å²) in [6.45, 7) is 6.76. The Morgan fingerprint density at radius 3 is 2.15 bits per heavy atom. The molecule has 0 aliphatic rings. The molecule has 0 fully saturated rings. The van der Waals surface area contributed by atoms with Gasteiger partial charge in [0.25, 0.3) is 0 Å². The van der Waals surface area contributed by atoms with Gasteiger partial charge in [0.1, 0.15) is 0 Å². The van der Waals surface area contributed by atoms with Gasteiger partial charge in [-0.15, -0.1) is 0 Å². The SMILES string of the molecule is CC(C)CC(N[C@H](C)c1ccncc1)c1ccccc1. The van der Waals surface area contributed by atoms with E-state index in [9.17, 15) is 0 Å². The molecule has 0 aliphatic heterocycles. The number of nitrogens with zero attached hydrogens (tertiary/aromatic N) is 1. The highest BCUT2D eigenvalue weighted by molar-refractivity contribution is 5.21. The summed E-state index contributed by atoms with van der Waals surface area (Å²) < 4.78 is 0. The second-order valence-corrected chi connectivity index (χ2v) is 5.76. The quantitative estimate of drug-likeness (QED) is 0.833. The van der Waals surface area contributed by atoms with Crippen LogP contribution in [-0.4, -0.2) is 4.98 Å². The number of hydrogen-bond donors (Lipinski definition) is 1. The number of pyridine rings is 1.